The van der Waals surface area contributed by atoms with E-state index in [4.69, 9.17) is 4.42 Å². The third-order valence-electron chi connectivity index (χ3n) is 3.31. The fourth-order valence-electron chi connectivity index (χ4n) is 2.22. The van der Waals surface area contributed by atoms with Crippen molar-refractivity contribution in [1.82, 2.24) is 5.32 Å². The molecule has 1 unspecified atom stereocenters. The fourth-order valence-corrected chi connectivity index (χ4v) is 2.68. The molecule has 2 aromatic rings. The van der Waals surface area contributed by atoms with E-state index >= 15 is 0 Å². The Morgan fingerprint density at radius 2 is 1.83 bits per heavy atom. The van der Waals surface area contributed by atoms with Gasteiger partial charge in [-0.1, -0.05) is 22.0 Å². The Kier molecular flexibility index (Phi) is 3.93. The molecule has 1 aromatic carbocycles. The van der Waals surface area contributed by atoms with Crippen molar-refractivity contribution in [3.8, 4) is 0 Å². The van der Waals surface area contributed by atoms with E-state index in [9.17, 15) is 0 Å². The summed E-state index contributed by atoms with van der Waals surface area (Å²) in [5, 5.41) is 3.34. The van der Waals surface area contributed by atoms with Gasteiger partial charge in [0.1, 0.15) is 5.76 Å². The molecule has 0 fully saturated rings. The lowest BCUT2D eigenvalue weighted by Crippen LogP contribution is -2.19. The van der Waals surface area contributed by atoms with Crippen LogP contribution in [0.3, 0.4) is 0 Å². The molecular weight excluding hydrogens is 290 g/mol. The molecule has 2 nitrogen and oxygen atoms in total. The van der Waals surface area contributed by atoms with E-state index in [0.29, 0.717) is 0 Å². The Balaban J connectivity index is 2.52. The molecule has 96 valence electrons. The summed E-state index contributed by atoms with van der Waals surface area (Å²) >= 11 is 3.57. The predicted molar refractivity (Wildman–Crippen MR) is 78.0 cm³/mol. The van der Waals surface area contributed by atoms with Crippen molar-refractivity contribution < 1.29 is 4.42 Å². The molecule has 0 aliphatic heterocycles. The third kappa shape index (κ3) is 2.38. The first-order valence-corrected chi connectivity index (χ1v) is 6.81. The van der Waals surface area contributed by atoms with Crippen LogP contribution in [0.5, 0.6) is 0 Å². The van der Waals surface area contributed by atoms with Gasteiger partial charge in [0.2, 0.25) is 0 Å². The molecular formula is C15H18BrNO. The smallest absolute Gasteiger partial charge is 0.128 e. The zero-order valence-electron chi connectivity index (χ0n) is 11.2. The van der Waals surface area contributed by atoms with Crippen LogP contribution in [0.2, 0.25) is 0 Å². The van der Waals surface area contributed by atoms with E-state index < -0.39 is 0 Å². The SMILES string of the molecule is CNC(c1cc(C)c(Br)cc1C)c1occc1C. The van der Waals surface area contributed by atoms with Gasteiger partial charge in [0.05, 0.1) is 12.3 Å². The molecule has 2 rings (SSSR count). The van der Waals surface area contributed by atoms with Crippen LogP contribution in [0, 0.1) is 20.8 Å². The van der Waals surface area contributed by atoms with Gasteiger partial charge in [-0.15, -0.1) is 0 Å². The monoisotopic (exact) mass is 307 g/mol. The predicted octanol–water partition coefficient (Wildman–Crippen LogP) is 4.28. The van der Waals surface area contributed by atoms with Crippen LogP contribution in [0.15, 0.2) is 33.4 Å². The number of hydrogen-bond donors (Lipinski definition) is 1. The molecule has 18 heavy (non-hydrogen) atoms. The fraction of sp³-hybridized carbons (Fsp3) is 0.333. The van der Waals surface area contributed by atoms with Crippen molar-refractivity contribution in [2.45, 2.75) is 26.8 Å². The molecule has 0 aliphatic carbocycles. The van der Waals surface area contributed by atoms with Crippen molar-refractivity contribution in [1.29, 1.82) is 0 Å². The molecule has 3 heteroatoms. The molecule has 1 N–H and O–H groups in total. The third-order valence-corrected chi connectivity index (χ3v) is 4.17. The minimum absolute atomic E-state index is 0.104. The lowest BCUT2D eigenvalue weighted by atomic mass is 9.96. The molecule has 0 saturated carbocycles. The van der Waals surface area contributed by atoms with Gasteiger partial charge >= 0.3 is 0 Å². The second kappa shape index (κ2) is 5.29. The maximum Gasteiger partial charge on any atom is 0.128 e. The van der Waals surface area contributed by atoms with E-state index in [1.807, 2.05) is 13.1 Å². The minimum atomic E-state index is 0.104. The largest absolute Gasteiger partial charge is 0.467 e. The van der Waals surface area contributed by atoms with Gasteiger partial charge in [-0.3, -0.25) is 0 Å². The van der Waals surface area contributed by atoms with Crippen molar-refractivity contribution in [2.24, 2.45) is 0 Å². The van der Waals surface area contributed by atoms with Gasteiger partial charge in [-0.05, 0) is 62.2 Å². The minimum Gasteiger partial charge on any atom is -0.467 e. The number of rotatable bonds is 3. The highest BCUT2D eigenvalue weighted by atomic mass is 79.9. The van der Waals surface area contributed by atoms with Crippen LogP contribution in [-0.4, -0.2) is 7.05 Å². The summed E-state index contributed by atoms with van der Waals surface area (Å²) in [7, 11) is 1.96. The van der Waals surface area contributed by atoms with Crippen LogP contribution in [0.25, 0.3) is 0 Å². The molecule has 1 heterocycles. The van der Waals surface area contributed by atoms with Crippen LogP contribution >= 0.6 is 15.9 Å². The first-order chi connectivity index (χ1) is 8.54. The standard InChI is InChI=1S/C15H18BrNO/c1-9-5-6-18-15(9)14(17-4)12-7-11(3)13(16)8-10(12)2/h5-8,14,17H,1-4H3. The Labute approximate surface area is 117 Å². The lowest BCUT2D eigenvalue weighted by molar-refractivity contribution is 0.459. The van der Waals surface area contributed by atoms with E-state index in [1.165, 1.54) is 22.3 Å². The lowest BCUT2D eigenvalue weighted by Gasteiger charge is -2.19. The van der Waals surface area contributed by atoms with Crippen LogP contribution in [-0.2, 0) is 0 Å². The van der Waals surface area contributed by atoms with Gasteiger partial charge < -0.3 is 9.73 Å². The van der Waals surface area contributed by atoms with E-state index in [1.54, 1.807) is 6.26 Å². The highest BCUT2D eigenvalue weighted by molar-refractivity contribution is 9.10. The maximum absolute atomic E-state index is 5.62. The molecule has 0 saturated heterocycles. The molecule has 0 amide bonds. The van der Waals surface area contributed by atoms with Gasteiger partial charge in [-0.2, -0.15) is 0 Å². The average Bonchev–Trinajstić information content (AvgIpc) is 2.73. The average molecular weight is 308 g/mol. The maximum atomic E-state index is 5.62. The molecule has 1 aromatic heterocycles. The Bertz CT molecular complexity index is 560. The Hall–Kier alpha value is -1.06. The van der Waals surface area contributed by atoms with Crippen molar-refractivity contribution in [3.05, 3.63) is 56.9 Å². The Morgan fingerprint density at radius 1 is 1.11 bits per heavy atom. The summed E-state index contributed by atoms with van der Waals surface area (Å²) in [5.74, 6) is 0.988. The van der Waals surface area contributed by atoms with Crippen LogP contribution in [0.1, 0.15) is 34.1 Å². The number of hydrogen-bond acceptors (Lipinski definition) is 2. The van der Waals surface area contributed by atoms with E-state index in [2.05, 4.69) is 54.2 Å². The summed E-state index contributed by atoms with van der Waals surface area (Å²) < 4.78 is 6.77. The molecule has 0 bridgehead atoms. The summed E-state index contributed by atoms with van der Waals surface area (Å²) in [6.45, 7) is 6.31. The van der Waals surface area contributed by atoms with Gasteiger partial charge in [0.25, 0.3) is 0 Å². The summed E-state index contributed by atoms with van der Waals surface area (Å²) in [4.78, 5) is 0. The van der Waals surface area contributed by atoms with Crippen molar-refractivity contribution in [3.63, 3.8) is 0 Å². The topological polar surface area (TPSA) is 25.2 Å². The highest BCUT2D eigenvalue weighted by Crippen LogP contribution is 2.30. The van der Waals surface area contributed by atoms with Gasteiger partial charge in [0.15, 0.2) is 0 Å². The number of halogens is 1. The van der Waals surface area contributed by atoms with Crippen LogP contribution in [0.4, 0.5) is 0 Å². The second-order valence-electron chi connectivity index (χ2n) is 4.65. The summed E-state index contributed by atoms with van der Waals surface area (Å²) in [5.41, 5.74) is 4.92. The van der Waals surface area contributed by atoms with Gasteiger partial charge in [-0.25, -0.2) is 0 Å². The summed E-state index contributed by atoms with van der Waals surface area (Å²) in [6.07, 6.45) is 1.75. The molecule has 0 spiro atoms. The number of furan rings is 1. The molecule has 0 aliphatic rings. The van der Waals surface area contributed by atoms with Crippen molar-refractivity contribution >= 4 is 15.9 Å². The second-order valence-corrected chi connectivity index (χ2v) is 5.50. The zero-order chi connectivity index (χ0) is 13.3. The first-order valence-electron chi connectivity index (χ1n) is 6.02. The van der Waals surface area contributed by atoms with Crippen molar-refractivity contribution in [2.75, 3.05) is 7.05 Å². The normalized spacial score (nSPS) is 12.7. The van der Waals surface area contributed by atoms with E-state index in [-0.39, 0.29) is 6.04 Å². The number of nitrogens with one attached hydrogen (secondary N) is 1. The van der Waals surface area contributed by atoms with E-state index in [0.717, 1.165) is 10.2 Å². The number of aryl methyl sites for hydroxylation is 3. The van der Waals surface area contributed by atoms with Gasteiger partial charge in [0, 0.05) is 4.47 Å². The highest BCUT2D eigenvalue weighted by Gasteiger charge is 2.19. The summed E-state index contributed by atoms with van der Waals surface area (Å²) in [6, 6.07) is 6.48. The first kappa shape index (κ1) is 13.4. The van der Waals surface area contributed by atoms with Crippen LogP contribution < -0.4 is 5.32 Å². The Morgan fingerprint density at radius 3 is 2.39 bits per heavy atom. The quantitative estimate of drug-likeness (QED) is 0.915. The molecule has 0 radical (unpaired) electrons. The number of benzene rings is 1. The molecule has 1 atom stereocenters. The zero-order valence-corrected chi connectivity index (χ0v) is 12.8.